The van der Waals surface area contributed by atoms with Crippen LogP contribution in [0.5, 0.6) is 11.5 Å². The third kappa shape index (κ3) is 3.68. The van der Waals surface area contributed by atoms with Gasteiger partial charge in [-0.3, -0.25) is 9.59 Å². The smallest absolute Gasteiger partial charge is 0.254 e. The number of carbonyl (C=O) groups is 2. The zero-order valence-corrected chi connectivity index (χ0v) is 18.2. The van der Waals surface area contributed by atoms with Gasteiger partial charge in [0.1, 0.15) is 6.61 Å². The first kappa shape index (κ1) is 21.0. The van der Waals surface area contributed by atoms with E-state index >= 15 is 0 Å². The fourth-order valence-corrected chi connectivity index (χ4v) is 5.03. The van der Waals surface area contributed by atoms with Crippen molar-refractivity contribution in [1.82, 2.24) is 5.01 Å². The van der Waals surface area contributed by atoms with E-state index < -0.39 is 0 Å². The van der Waals surface area contributed by atoms with E-state index in [2.05, 4.69) is 23.3 Å². The molecule has 2 aromatic carbocycles. The fraction of sp³-hybridized carbons (Fsp3) is 0.308. The molecule has 0 radical (unpaired) electrons. The van der Waals surface area contributed by atoms with Gasteiger partial charge in [-0.2, -0.15) is 15.4 Å². The highest BCUT2D eigenvalue weighted by Crippen LogP contribution is 2.52. The molecule has 2 aromatic rings. The summed E-state index contributed by atoms with van der Waals surface area (Å²) in [5, 5.41) is 14.5. The molecule has 4 unspecified atom stereocenters. The lowest BCUT2D eigenvalue weighted by Gasteiger charge is -2.14. The van der Waals surface area contributed by atoms with Crippen LogP contribution in [0, 0.1) is 35.0 Å². The highest BCUT2D eigenvalue weighted by Gasteiger charge is 2.59. The number of hydrazone groups is 1. The Balaban J connectivity index is 1.32. The maximum Gasteiger partial charge on any atom is 0.254 e. The molecule has 2 amide bonds. The molecule has 7 heteroatoms. The van der Waals surface area contributed by atoms with Gasteiger partial charge in [0.15, 0.2) is 11.5 Å². The summed E-state index contributed by atoms with van der Waals surface area (Å²) >= 11 is 0. The van der Waals surface area contributed by atoms with Crippen LogP contribution in [0.4, 0.5) is 0 Å². The van der Waals surface area contributed by atoms with E-state index in [-0.39, 0.29) is 42.1 Å². The van der Waals surface area contributed by atoms with Crippen LogP contribution >= 0.6 is 0 Å². The molecule has 2 bridgehead atoms. The number of rotatable bonds is 7. The van der Waals surface area contributed by atoms with Gasteiger partial charge in [0.25, 0.3) is 11.8 Å². The third-order valence-corrected chi connectivity index (χ3v) is 6.56. The lowest BCUT2D eigenvalue weighted by molar-refractivity contribution is -0.140. The summed E-state index contributed by atoms with van der Waals surface area (Å²) in [6, 6.07) is 14.7. The molecule has 2 fully saturated rings. The largest absolute Gasteiger partial charge is 0.490 e. The number of hydrogen-bond acceptors (Lipinski definition) is 6. The Bertz CT molecular complexity index is 1180. The van der Waals surface area contributed by atoms with E-state index in [0.717, 1.165) is 17.0 Å². The second-order valence-corrected chi connectivity index (χ2v) is 8.43. The molecule has 166 valence electrons. The number of allylic oxidation sites excluding steroid dienone is 2. The second-order valence-electron chi connectivity index (χ2n) is 8.43. The minimum atomic E-state index is -0.268. The SMILES string of the molecule is CCOc1cc(C=NN2C(=O)C3C4C=CC(C4)C3C2=O)ccc1OCc1ccccc1C#N. The van der Waals surface area contributed by atoms with Gasteiger partial charge in [-0.1, -0.05) is 30.4 Å². The first-order chi connectivity index (χ1) is 16.1. The van der Waals surface area contributed by atoms with Crippen molar-refractivity contribution in [2.24, 2.45) is 28.8 Å². The fourth-order valence-electron chi connectivity index (χ4n) is 5.03. The maximum absolute atomic E-state index is 12.8. The van der Waals surface area contributed by atoms with Crippen molar-refractivity contribution in [2.45, 2.75) is 20.0 Å². The average Bonchev–Trinajstić information content (AvgIpc) is 3.51. The molecule has 1 heterocycles. The van der Waals surface area contributed by atoms with Gasteiger partial charge in [0.05, 0.1) is 36.3 Å². The number of fused-ring (bicyclic) bond motifs is 5. The Morgan fingerprint density at radius 3 is 2.48 bits per heavy atom. The van der Waals surface area contributed by atoms with Gasteiger partial charge in [0, 0.05) is 5.56 Å². The molecule has 1 saturated heterocycles. The Labute approximate surface area is 191 Å². The minimum Gasteiger partial charge on any atom is -0.490 e. The summed E-state index contributed by atoms with van der Waals surface area (Å²) in [6.45, 7) is 2.54. The Hall–Kier alpha value is -3.92. The van der Waals surface area contributed by atoms with E-state index in [0.29, 0.717) is 29.2 Å². The molecule has 3 aliphatic rings. The zero-order chi connectivity index (χ0) is 22.9. The second kappa shape index (κ2) is 8.55. The summed E-state index contributed by atoms with van der Waals surface area (Å²) in [5.41, 5.74) is 2.03. The third-order valence-electron chi connectivity index (χ3n) is 6.56. The Morgan fingerprint density at radius 2 is 1.79 bits per heavy atom. The minimum absolute atomic E-state index is 0.156. The normalized spacial score (nSPS) is 25.0. The van der Waals surface area contributed by atoms with Crippen molar-refractivity contribution < 1.29 is 19.1 Å². The molecule has 4 atom stereocenters. The van der Waals surface area contributed by atoms with Gasteiger partial charge >= 0.3 is 0 Å². The molecular weight excluding hydrogens is 418 g/mol. The lowest BCUT2D eigenvalue weighted by atomic mass is 9.85. The quantitative estimate of drug-likeness (QED) is 0.371. The summed E-state index contributed by atoms with van der Waals surface area (Å²) < 4.78 is 11.6. The molecular formula is C26H23N3O4. The number of imide groups is 1. The highest BCUT2D eigenvalue weighted by atomic mass is 16.5. The van der Waals surface area contributed by atoms with E-state index in [1.165, 1.54) is 6.21 Å². The van der Waals surface area contributed by atoms with Crippen LogP contribution in [0.25, 0.3) is 0 Å². The molecule has 1 aliphatic heterocycles. The van der Waals surface area contributed by atoms with Crippen LogP contribution in [-0.4, -0.2) is 29.6 Å². The summed E-state index contributed by atoms with van der Waals surface area (Å²) in [6.07, 6.45) is 6.52. The molecule has 0 spiro atoms. The van der Waals surface area contributed by atoms with Crippen LogP contribution < -0.4 is 9.47 Å². The predicted molar refractivity (Wildman–Crippen MR) is 120 cm³/mol. The van der Waals surface area contributed by atoms with Crippen molar-refractivity contribution in [1.29, 1.82) is 5.26 Å². The summed E-state index contributed by atoms with van der Waals surface area (Å²) in [4.78, 5) is 25.6. The molecule has 5 rings (SSSR count). The summed E-state index contributed by atoms with van der Waals surface area (Å²) in [5.74, 6) is 0.416. The van der Waals surface area contributed by atoms with Crippen LogP contribution in [0.15, 0.2) is 59.7 Å². The van der Waals surface area contributed by atoms with Gasteiger partial charge in [-0.05, 0) is 55.0 Å². The predicted octanol–water partition coefficient (Wildman–Crippen LogP) is 3.68. The molecule has 0 N–H and O–H groups in total. The lowest BCUT2D eigenvalue weighted by Crippen LogP contribution is -2.28. The van der Waals surface area contributed by atoms with E-state index in [4.69, 9.17) is 9.47 Å². The van der Waals surface area contributed by atoms with Crippen molar-refractivity contribution >= 4 is 18.0 Å². The van der Waals surface area contributed by atoms with Gasteiger partial charge in [-0.15, -0.1) is 0 Å². The Kier molecular flexibility index (Phi) is 5.43. The van der Waals surface area contributed by atoms with Crippen LogP contribution in [0.1, 0.15) is 30.0 Å². The van der Waals surface area contributed by atoms with E-state index in [1.807, 2.05) is 25.1 Å². The molecule has 33 heavy (non-hydrogen) atoms. The number of nitriles is 1. The molecule has 0 aromatic heterocycles. The van der Waals surface area contributed by atoms with Crippen LogP contribution in [-0.2, 0) is 16.2 Å². The maximum atomic E-state index is 12.8. The number of hydrogen-bond donors (Lipinski definition) is 0. The number of benzene rings is 2. The van der Waals surface area contributed by atoms with Crippen molar-refractivity contribution in [3.05, 3.63) is 71.3 Å². The van der Waals surface area contributed by atoms with E-state index in [1.54, 1.807) is 24.3 Å². The average molecular weight is 441 g/mol. The van der Waals surface area contributed by atoms with Gasteiger partial charge < -0.3 is 9.47 Å². The van der Waals surface area contributed by atoms with Crippen LogP contribution in [0.2, 0.25) is 0 Å². The molecule has 7 nitrogen and oxygen atoms in total. The van der Waals surface area contributed by atoms with Crippen molar-refractivity contribution in [3.8, 4) is 17.6 Å². The first-order valence-electron chi connectivity index (χ1n) is 11.1. The van der Waals surface area contributed by atoms with Gasteiger partial charge in [-0.25, -0.2) is 0 Å². The topological polar surface area (TPSA) is 92.0 Å². The first-order valence-corrected chi connectivity index (χ1v) is 11.1. The van der Waals surface area contributed by atoms with Crippen LogP contribution in [0.3, 0.4) is 0 Å². The molecule has 2 aliphatic carbocycles. The standard InChI is InChI=1S/C26H23N3O4/c1-2-32-22-11-16(7-10-21(22)33-15-20-6-4-3-5-19(20)13-27)14-28-29-25(30)23-17-8-9-18(12-17)24(23)26(29)31/h3-11,14,17-18,23-24H,2,12,15H2,1H3. The number of amides is 2. The van der Waals surface area contributed by atoms with E-state index in [9.17, 15) is 14.9 Å². The highest BCUT2D eigenvalue weighted by molar-refractivity contribution is 6.06. The van der Waals surface area contributed by atoms with Crippen molar-refractivity contribution in [3.63, 3.8) is 0 Å². The number of nitrogens with zero attached hydrogens (tertiary/aromatic N) is 3. The summed E-state index contributed by atoms with van der Waals surface area (Å²) in [7, 11) is 0. The number of ether oxygens (including phenoxy) is 2. The molecule has 1 saturated carbocycles. The van der Waals surface area contributed by atoms with Crippen molar-refractivity contribution in [2.75, 3.05) is 6.61 Å². The number of carbonyl (C=O) groups excluding carboxylic acids is 2. The van der Waals surface area contributed by atoms with Gasteiger partial charge in [0.2, 0.25) is 0 Å². The zero-order valence-electron chi connectivity index (χ0n) is 18.2. The Morgan fingerprint density at radius 1 is 1.06 bits per heavy atom. The monoisotopic (exact) mass is 441 g/mol.